The Hall–Kier alpha value is -1.53. The normalized spacial score (nSPS) is 23.5. The maximum absolute atomic E-state index is 12.7. The van der Waals surface area contributed by atoms with E-state index in [0.29, 0.717) is 37.8 Å². The van der Waals surface area contributed by atoms with Crippen LogP contribution < -0.4 is 0 Å². The smallest absolute Gasteiger partial charge is 0.257 e. The zero-order valence-electron chi connectivity index (χ0n) is 16.5. The molecule has 1 saturated carbocycles. The summed E-state index contributed by atoms with van der Waals surface area (Å²) in [6, 6.07) is 0.802. The van der Waals surface area contributed by atoms with Gasteiger partial charge in [0.15, 0.2) is 0 Å². The van der Waals surface area contributed by atoms with Crippen LogP contribution in [0.4, 0.5) is 0 Å². The molecule has 6 heteroatoms. The largest absolute Gasteiger partial charge is 0.378 e. The number of piperidine rings is 1. The summed E-state index contributed by atoms with van der Waals surface area (Å²) in [6.45, 7) is 6.79. The molecule has 27 heavy (non-hydrogen) atoms. The standard InChI is InChI=1S/C21H32N4O2/c1-16-19(21(26)25-11-13-27-14-12-25)15-22-20(23-16)17-7-9-24(10-8-17)18-5-3-2-4-6-18/h15,17-18H,2-14H2,1H3. The molecule has 3 aliphatic rings. The molecule has 0 aromatic carbocycles. The molecule has 0 N–H and O–H groups in total. The third kappa shape index (κ3) is 4.32. The molecular weight excluding hydrogens is 340 g/mol. The van der Waals surface area contributed by atoms with E-state index in [1.165, 1.54) is 32.1 Å². The van der Waals surface area contributed by atoms with Crippen molar-refractivity contribution in [3.8, 4) is 0 Å². The van der Waals surface area contributed by atoms with Gasteiger partial charge in [-0.25, -0.2) is 9.97 Å². The van der Waals surface area contributed by atoms with E-state index < -0.39 is 0 Å². The second kappa shape index (κ2) is 8.65. The number of hydrogen-bond acceptors (Lipinski definition) is 5. The van der Waals surface area contributed by atoms with Crippen LogP contribution in [0.5, 0.6) is 0 Å². The van der Waals surface area contributed by atoms with Crippen LogP contribution in [0.15, 0.2) is 6.20 Å². The summed E-state index contributed by atoms with van der Waals surface area (Å²) in [5.41, 5.74) is 1.45. The quantitative estimate of drug-likeness (QED) is 0.817. The zero-order valence-corrected chi connectivity index (χ0v) is 16.5. The first-order valence-electron chi connectivity index (χ1n) is 10.7. The summed E-state index contributed by atoms with van der Waals surface area (Å²) in [4.78, 5) is 26.6. The minimum absolute atomic E-state index is 0.0365. The summed E-state index contributed by atoms with van der Waals surface area (Å²) in [6.07, 6.45) is 11.0. The topological polar surface area (TPSA) is 58.6 Å². The number of morpholine rings is 1. The number of nitrogens with zero attached hydrogens (tertiary/aromatic N) is 4. The molecule has 4 rings (SSSR count). The minimum atomic E-state index is 0.0365. The predicted molar refractivity (Wildman–Crippen MR) is 104 cm³/mol. The number of hydrogen-bond donors (Lipinski definition) is 0. The first-order valence-corrected chi connectivity index (χ1v) is 10.7. The number of carbonyl (C=O) groups is 1. The van der Waals surface area contributed by atoms with Gasteiger partial charge in [-0.15, -0.1) is 0 Å². The molecule has 2 saturated heterocycles. The highest BCUT2D eigenvalue weighted by molar-refractivity contribution is 5.95. The molecule has 0 unspecified atom stereocenters. The van der Waals surface area contributed by atoms with E-state index in [-0.39, 0.29) is 5.91 Å². The number of carbonyl (C=O) groups excluding carboxylic acids is 1. The molecule has 2 aliphatic heterocycles. The van der Waals surface area contributed by atoms with E-state index in [9.17, 15) is 4.79 Å². The monoisotopic (exact) mass is 372 g/mol. The lowest BCUT2D eigenvalue weighted by Crippen LogP contribution is -2.42. The van der Waals surface area contributed by atoms with Gasteiger partial charge in [-0.3, -0.25) is 4.79 Å². The fourth-order valence-electron chi connectivity index (χ4n) is 4.80. The molecule has 0 atom stereocenters. The lowest BCUT2D eigenvalue weighted by molar-refractivity contribution is 0.0301. The lowest BCUT2D eigenvalue weighted by atomic mass is 9.90. The van der Waals surface area contributed by atoms with Crippen LogP contribution in [0.3, 0.4) is 0 Å². The predicted octanol–water partition coefficient (Wildman–Crippen LogP) is 2.77. The molecule has 6 nitrogen and oxygen atoms in total. The molecule has 148 valence electrons. The Balaban J connectivity index is 1.37. The van der Waals surface area contributed by atoms with Gasteiger partial charge in [0.25, 0.3) is 5.91 Å². The van der Waals surface area contributed by atoms with Crippen LogP contribution in [0.1, 0.15) is 72.7 Å². The van der Waals surface area contributed by atoms with Crippen LogP contribution in [0.2, 0.25) is 0 Å². The van der Waals surface area contributed by atoms with Crippen molar-refractivity contribution in [1.82, 2.24) is 19.8 Å². The van der Waals surface area contributed by atoms with Gasteiger partial charge in [-0.2, -0.15) is 0 Å². The van der Waals surface area contributed by atoms with Crippen LogP contribution in [-0.2, 0) is 4.74 Å². The van der Waals surface area contributed by atoms with Crippen LogP contribution in [0.25, 0.3) is 0 Å². The maximum Gasteiger partial charge on any atom is 0.257 e. The lowest BCUT2D eigenvalue weighted by Gasteiger charge is -2.39. The van der Waals surface area contributed by atoms with E-state index in [4.69, 9.17) is 9.72 Å². The van der Waals surface area contributed by atoms with Gasteiger partial charge in [-0.05, 0) is 45.7 Å². The van der Waals surface area contributed by atoms with E-state index in [1.807, 2.05) is 11.8 Å². The van der Waals surface area contributed by atoms with E-state index in [0.717, 1.165) is 43.5 Å². The summed E-state index contributed by atoms with van der Waals surface area (Å²) < 4.78 is 5.34. The molecule has 3 heterocycles. The van der Waals surface area contributed by atoms with Crippen LogP contribution in [-0.4, -0.2) is 71.1 Å². The van der Waals surface area contributed by atoms with Crippen LogP contribution in [0, 0.1) is 6.92 Å². The Labute approximate surface area is 162 Å². The Kier molecular flexibility index (Phi) is 6.03. The molecule has 1 aromatic rings. The van der Waals surface area contributed by atoms with Crippen molar-refractivity contribution in [3.63, 3.8) is 0 Å². The van der Waals surface area contributed by atoms with Crippen molar-refractivity contribution in [1.29, 1.82) is 0 Å². The highest BCUT2D eigenvalue weighted by Crippen LogP contribution is 2.30. The maximum atomic E-state index is 12.7. The van der Waals surface area contributed by atoms with E-state index in [2.05, 4.69) is 9.88 Å². The summed E-state index contributed by atoms with van der Waals surface area (Å²) >= 11 is 0. The number of aromatic nitrogens is 2. The van der Waals surface area contributed by atoms with Gasteiger partial charge >= 0.3 is 0 Å². The van der Waals surface area contributed by atoms with Crippen molar-refractivity contribution < 1.29 is 9.53 Å². The number of likely N-dealkylation sites (tertiary alicyclic amines) is 1. The molecule has 1 aliphatic carbocycles. The molecule has 1 aromatic heterocycles. The Morgan fingerprint density at radius 2 is 1.74 bits per heavy atom. The number of rotatable bonds is 3. The van der Waals surface area contributed by atoms with Gasteiger partial charge in [0.05, 0.1) is 24.5 Å². The molecule has 0 bridgehead atoms. The number of aryl methyl sites for hydroxylation is 1. The van der Waals surface area contributed by atoms with Gasteiger partial charge < -0.3 is 14.5 Å². The molecular formula is C21H32N4O2. The van der Waals surface area contributed by atoms with E-state index >= 15 is 0 Å². The fraction of sp³-hybridized carbons (Fsp3) is 0.762. The van der Waals surface area contributed by atoms with Gasteiger partial charge in [0.2, 0.25) is 0 Å². The first kappa shape index (κ1) is 18.8. The third-order valence-corrected chi connectivity index (χ3v) is 6.51. The van der Waals surface area contributed by atoms with Crippen molar-refractivity contribution in [3.05, 3.63) is 23.3 Å². The molecule has 0 radical (unpaired) electrons. The zero-order chi connectivity index (χ0) is 18.6. The Morgan fingerprint density at radius 1 is 1.04 bits per heavy atom. The first-order chi connectivity index (χ1) is 13.2. The highest BCUT2D eigenvalue weighted by Gasteiger charge is 2.29. The van der Waals surface area contributed by atoms with Crippen LogP contribution >= 0.6 is 0 Å². The molecule has 3 fully saturated rings. The van der Waals surface area contributed by atoms with Crippen molar-refractivity contribution in [2.24, 2.45) is 0 Å². The second-order valence-electron chi connectivity index (χ2n) is 8.23. The van der Waals surface area contributed by atoms with Gasteiger partial charge in [-0.1, -0.05) is 19.3 Å². The highest BCUT2D eigenvalue weighted by atomic mass is 16.5. The second-order valence-corrected chi connectivity index (χ2v) is 8.23. The van der Waals surface area contributed by atoms with E-state index in [1.54, 1.807) is 6.20 Å². The van der Waals surface area contributed by atoms with Gasteiger partial charge in [0.1, 0.15) is 5.82 Å². The Morgan fingerprint density at radius 3 is 2.41 bits per heavy atom. The molecule has 0 spiro atoms. The SMILES string of the molecule is Cc1nc(C2CCN(C3CCCCC3)CC2)ncc1C(=O)N1CCOCC1. The summed E-state index contributed by atoms with van der Waals surface area (Å²) in [5.74, 6) is 1.39. The summed E-state index contributed by atoms with van der Waals surface area (Å²) in [5, 5.41) is 0. The van der Waals surface area contributed by atoms with Crippen molar-refractivity contribution in [2.75, 3.05) is 39.4 Å². The minimum Gasteiger partial charge on any atom is -0.378 e. The number of ether oxygens (including phenoxy) is 1. The third-order valence-electron chi connectivity index (χ3n) is 6.51. The average Bonchev–Trinajstić information content (AvgIpc) is 2.74. The summed E-state index contributed by atoms with van der Waals surface area (Å²) in [7, 11) is 0. The fourth-order valence-corrected chi connectivity index (χ4v) is 4.80. The Bertz CT molecular complexity index is 646. The van der Waals surface area contributed by atoms with Crippen molar-refractivity contribution >= 4 is 5.91 Å². The average molecular weight is 373 g/mol. The molecule has 1 amide bonds. The van der Waals surface area contributed by atoms with Crippen molar-refractivity contribution in [2.45, 2.75) is 63.8 Å². The number of amides is 1. The van der Waals surface area contributed by atoms with Gasteiger partial charge in [0, 0.05) is 31.2 Å².